The Morgan fingerprint density at radius 3 is 2.19 bits per heavy atom. The molecule has 0 aromatic heterocycles. The van der Waals surface area contributed by atoms with E-state index in [0.717, 1.165) is 16.7 Å². The van der Waals surface area contributed by atoms with Crippen molar-refractivity contribution in [2.75, 3.05) is 11.9 Å². The number of hydrogen-bond acceptors (Lipinski definition) is 3. The lowest BCUT2D eigenvalue weighted by Crippen LogP contribution is -2.37. The molecule has 3 rings (SSSR count). The maximum absolute atomic E-state index is 12.7. The Bertz CT molecular complexity index is 1100. The second kappa shape index (κ2) is 10.9. The molecule has 0 unspecified atom stereocenters. The Balaban J connectivity index is 1.58. The zero-order valence-electron chi connectivity index (χ0n) is 18.2. The van der Waals surface area contributed by atoms with E-state index in [0.29, 0.717) is 18.7 Å². The van der Waals surface area contributed by atoms with Crippen LogP contribution in [0.25, 0.3) is 0 Å². The number of hydrogen-bond donors (Lipinski definition) is 3. The number of para-hydroxylation sites is 1. The van der Waals surface area contributed by atoms with Gasteiger partial charge in [-0.2, -0.15) is 0 Å². The van der Waals surface area contributed by atoms with Crippen molar-refractivity contribution in [3.63, 3.8) is 0 Å². The molecule has 0 aliphatic carbocycles. The Kier molecular flexibility index (Phi) is 7.75. The molecule has 3 aromatic carbocycles. The molecule has 0 spiro atoms. The summed E-state index contributed by atoms with van der Waals surface area (Å²) in [5.74, 6) is -1.83. The van der Waals surface area contributed by atoms with Crippen molar-refractivity contribution in [2.24, 2.45) is 0 Å². The lowest BCUT2D eigenvalue weighted by molar-refractivity contribution is -0.136. The van der Waals surface area contributed by atoms with Gasteiger partial charge in [-0.05, 0) is 41.7 Å². The minimum absolute atomic E-state index is 0.0625. The second-order valence-corrected chi connectivity index (χ2v) is 7.63. The molecule has 32 heavy (non-hydrogen) atoms. The quantitative estimate of drug-likeness (QED) is 0.500. The van der Waals surface area contributed by atoms with Gasteiger partial charge in [0, 0.05) is 13.1 Å². The number of carbonyl (C=O) groups is 3. The first-order valence-corrected chi connectivity index (χ1v) is 10.5. The fraction of sp³-hybridized carbons (Fsp3) is 0.192. The highest BCUT2D eigenvalue weighted by molar-refractivity contribution is 6.40. The number of aryl methyl sites for hydroxylation is 1. The Morgan fingerprint density at radius 1 is 0.781 bits per heavy atom. The van der Waals surface area contributed by atoms with Gasteiger partial charge in [-0.3, -0.25) is 14.4 Å². The number of nitrogens with one attached hydrogen (secondary N) is 3. The number of carbonyl (C=O) groups excluding carboxylic acids is 3. The van der Waals surface area contributed by atoms with Crippen LogP contribution in [0.1, 0.15) is 39.9 Å². The third-order valence-corrected chi connectivity index (χ3v) is 5.26. The molecule has 0 aliphatic heterocycles. The highest BCUT2D eigenvalue weighted by atomic mass is 16.2. The van der Waals surface area contributed by atoms with Crippen molar-refractivity contribution in [1.29, 1.82) is 0 Å². The van der Waals surface area contributed by atoms with Crippen LogP contribution in [0.4, 0.5) is 5.69 Å². The number of amides is 3. The molecule has 0 fully saturated rings. The van der Waals surface area contributed by atoms with Gasteiger partial charge in [0.2, 0.25) is 0 Å². The molecule has 0 heterocycles. The summed E-state index contributed by atoms with van der Waals surface area (Å²) in [5, 5.41) is 8.07. The zero-order chi connectivity index (χ0) is 22.9. The molecule has 6 nitrogen and oxygen atoms in total. The van der Waals surface area contributed by atoms with Crippen molar-refractivity contribution in [3.05, 3.63) is 101 Å². The molecule has 6 heteroatoms. The predicted octanol–water partition coefficient (Wildman–Crippen LogP) is 3.78. The molecule has 3 amide bonds. The van der Waals surface area contributed by atoms with E-state index < -0.39 is 11.8 Å². The van der Waals surface area contributed by atoms with E-state index >= 15 is 0 Å². The van der Waals surface area contributed by atoms with Crippen molar-refractivity contribution >= 4 is 23.4 Å². The first-order valence-electron chi connectivity index (χ1n) is 10.5. The Morgan fingerprint density at radius 2 is 1.44 bits per heavy atom. The largest absolute Gasteiger partial charge is 0.348 e. The van der Waals surface area contributed by atoms with Crippen LogP contribution in [0.15, 0.2) is 78.9 Å². The van der Waals surface area contributed by atoms with Crippen LogP contribution >= 0.6 is 0 Å². The molecule has 164 valence electrons. The third-order valence-electron chi connectivity index (χ3n) is 5.26. The van der Waals surface area contributed by atoms with Crippen LogP contribution in [0, 0.1) is 6.92 Å². The molecule has 0 saturated heterocycles. The molecular formula is C26H27N3O3. The average Bonchev–Trinajstić information content (AvgIpc) is 2.82. The standard InChI is InChI=1S/C26H27N3O3/c1-18-10-6-7-13-21(18)17-28-24(30)22-14-8-9-15-23(22)29-26(32)25(31)27-16-19(2)20-11-4-3-5-12-20/h3-15,19H,16-17H2,1-2H3,(H,27,31)(H,28,30)(H,29,32)/t19-/m0/s1. The van der Waals surface area contributed by atoms with Gasteiger partial charge < -0.3 is 16.0 Å². The van der Waals surface area contributed by atoms with E-state index in [1.165, 1.54) is 0 Å². The molecule has 0 bridgehead atoms. The predicted molar refractivity (Wildman–Crippen MR) is 125 cm³/mol. The summed E-state index contributed by atoms with van der Waals surface area (Å²) in [6.07, 6.45) is 0. The summed E-state index contributed by atoms with van der Waals surface area (Å²) >= 11 is 0. The van der Waals surface area contributed by atoms with E-state index in [1.54, 1.807) is 24.3 Å². The number of benzene rings is 3. The van der Waals surface area contributed by atoms with E-state index in [-0.39, 0.29) is 17.5 Å². The van der Waals surface area contributed by atoms with Gasteiger partial charge in [-0.25, -0.2) is 0 Å². The Labute approximate surface area is 188 Å². The first-order chi connectivity index (χ1) is 15.5. The number of rotatable bonds is 7. The van der Waals surface area contributed by atoms with Crippen LogP contribution in [0.2, 0.25) is 0 Å². The van der Waals surface area contributed by atoms with Crippen LogP contribution in [0.5, 0.6) is 0 Å². The third kappa shape index (κ3) is 6.04. The molecule has 3 aromatic rings. The van der Waals surface area contributed by atoms with Crippen LogP contribution in [0.3, 0.4) is 0 Å². The summed E-state index contributed by atoms with van der Waals surface area (Å²) in [6.45, 7) is 4.65. The van der Waals surface area contributed by atoms with Gasteiger partial charge in [0.1, 0.15) is 0 Å². The van der Waals surface area contributed by atoms with Crippen LogP contribution < -0.4 is 16.0 Å². The normalized spacial score (nSPS) is 11.3. The molecule has 0 radical (unpaired) electrons. The summed E-state index contributed by atoms with van der Waals surface area (Å²) in [6, 6.07) is 24.1. The summed E-state index contributed by atoms with van der Waals surface area (Å²) in [5.41, 5.74) is 3.74. The smallest absolute Gasteiger partial charge is 0.313 e. The molecular weight excluding hydrogens is 402 g/mol. The van der Waals surface area contributed by atoms with Crippen LogP contribution in [-0.2, 0) is 16.1 Å². The summed E-state index contributed by atoms with van der Waals surface area (Å²) in [7, 11) is 0. The minimum atomic E-state index is -0.815. The number of anilines is 1. The van der Waals surface area contributed by atoms with Gasteiger partial charge in [0.15, 0.2) is 0 Å². The maximum atomic E-state index is 12.7. The molecule has 0 aliphatic rings. The van der Waals surface area contributed by atoms with E-state index in [9.17, 15) is 14.4 Å². The first kappa shape index (κ1) is 22.7. The van der Waals surface area contributed by atoms with Crippen LogP contribution in [-0.4, -0.2) is 24.3 Å². The van der Waals surface area contributed by atoms with Crippen molar-refractivity contribution < 1.29 is 14.4 Å². The summed E-state index contributed by atoms with van der Waals surface area (Å²) < 4.78 is 0. The topological polar surface area (TPSA) is 87.3 Å². The average molecular weight is 430 g/mol. The van der Waals surface area contributed by atoms with Gasteiger partial charge >= 0.3 is 11.8 Å². The molecule has 1 atom stereocenters. The van der Waals surface area contributed by atoms with Gasteiger partial charge in [0.25, 0.3) is 5.91 Å². The van der Waals surface area contributed by atoms with Gasteiger partial charge in [-0.1, -0.05) is 73.7 Å². The van der Waals surface area contributed by atoms with Gasteiger partial charge in [0.05, 0.1) is 11.3 Å². The van der Waals surface area contributed by atoms with Crippen molar-refractivity contribution in [3.8, 4) is 0 Å². The van der Waals surface area contributed by atoms with Crippen molar-refractivity contribution in [1.82, 2.24) is 10.6 Å². The maximum Gasteiger partial charge on any atom is 0.313 e. The van der Waals surface area contributed by atoms with E-state index in [4.69, 9.17) is 0 Å². The highest BCUT2D eigenvalue weighted by Gasteiger charge is 2.18. The second-order valence-electron chi connectivity index (χ2n) is 7.63. The monoisotopic (exact) mass is 429 g/mol. The lowest BCUT2D eigenvalue weighted by atomic mass is 10.0. The highest BCUT2D eigenvalue weighted by Crippen LogP contribution is 2.16. The van der Waals surface area contributed by atoms with E-state index in [2.05, 4.69) is 16.0 Å². The zero-order valence-corrected chi connectivity index (χ0v) is 18.2. The van der Waals surface area contributed by atoms with E-state index in [1.807, 2.05) is 68.4 Å². The Hall–Kier alpha value is -3.93. The SMILES string of the molecule is Cc1ccccc1CNC(=O)c1ccccc1NC(=O)C(=O)NC[C@H](C)c1ccccc1. The van der Waals surface area contributed by atoms with Gasteiger partial charge in [-0.15, -0.1) is 0 Å². The summed E-state index contributed by atoms with van der Waals surface area (Å²) in [4.78, 5) is 37.4. The molecule has 3 N–H and O–H groups in total. The lowest BCUT2D eigenvalue weighted by Gasteiger charge is -2.14. The minimum Gasteiger partial charge on any atom is -0.348 e. The fourth-order valence-corrected chi connectivity index (χ4v) is 3.27. The van der Waals surface area contributed by atoms with Crippen molar-refractivity contribution in [2.45, 2.75) is 26.3 Å². The molecule has 0 saturated carbocycles. The fourth-order valence-electron chi connectivity index (χ4n) is 3.27.